The number of anilines is 1. The van der Waals surface area contributed by atoms with Gasteiger partial charge in [0, 0.05) is 43.4 Å². The Balaban J connectivity index is 1.36. The first-order valence-electron chi connectivity index (χ1n) is 10.2. The second-order valence-electron chi connectivity index (χ2n) is 7.57. The van der Waals surface area contributed by atoms with E-state index in [4.69, 9.17) is 4.98 Å². The molecule has 0 bridgehead atoms. The molecule has 1 amide bonds. The van der Waals surface area contributed by atoms with Crippen molar-refractivity contribution in [2.75, 3.05) is 31.1 Å². The van der Waals surface area contributed by atoms with Gasteiger partial charge in [-0.2, -0.15) is 9.61 Å². The van der Waals surface area contributed by atoms with Crippen LogP contribution >= 0.6 is 11.3 Å². The van der Waals surface area contributed by atoms with Crippen LogP contribution in [0.5, 0.6) is 0 Å². The van der Waals surface area contributed by atoms with E-state index in [1.165, 1.54) is 21.9 Å². The number of carbonyl (C=O) groups excluding carboxylic acids is 1. The van der Waals surface area contributed by atoms with E-state index in [1.807, 2.05) is 66.4 Å². The van der Waals surface area contributed by atoms with Gasteiger partial charge in [-0.05, 0) is 25.1 Å². The number of nitrogens with zero attached hydrogens (tertiary/aromatic N) is 5. The van der Waals surface area contributed by atoms with E-state index in [0.29, 0.717) is 42.5 Å². The number of aromatic nitrogens is 3. The minimum Gasteiger partial charge on any atom is -0.353 e. The second-order valence-corrected chi connectivity index (χ2v) is 8.52. The van der Waals surface area contributed by atoms with Gasteiger partial charge in [0.15, 0.2) is 0 Å². The van der Waals surface area contributed by atoms with Crippen molar-refractivity contribution >= 4 is 28.0 Å². The quantitative estimate of drug-likeness (QED) is 0.499. The minimum absolute atomic E-state index is 0.0361. The lowest BCUT2D eigenvalue weighted by Gasteiger charge is -2.35. The van der Waals surface area contributed by atoms with Crippen molar-refractivity contribution in [3.05, 3.63) is 82.1 Å². The highest BCUT2D eigenvalue weighted by Crippen LogP contribution is 2.26. The largest absolute Gasteiger partial charge is 0.353 e. The number of hydrogen-bond acceptors (Lipinski definition) is 6. The zero-order valence-corrected chi connectivity index (χ0v) is 17.9. The number of carbonyl (C=O) groups is 1. The van der Waals surface area contributed by atoms with E-state index in [9.17, 15) is 9.59 Å². The van der Waals surface area contributed by atoms with Gasteiger partial charge in [-0.3, -0.25) is 9.59 Å². The lowest BCUT2D eigenvalue weighted by Crippen LogP contribution is -2.49. The Bertz CT molecular complexity index is 1310. The predicted molar refractivity (Wildman–Crippen MR) is 122 cm³/mol. The van der Waals surface area contributed by atoms with Crippen LogP contribution in [0, 0.1) is 6.92 Å². The van der Waals surface area contributed by atoms with Crippen molar-refractivity contribution in [2.24, 2.45) is 0 Å². The summed E-state index contributed by atoms with van der Waals surface area (Å²) in [4.78, 5) is 34.5. The summed E-state index contributed by atoms with van der Waals surface area (Å²) in [6.45, 7) is 4.47. The Morgan fingerprint density at radius 1 is 0.968 bits per heavy atom. The highest BCUT2D eigenvalue weighted by Gasteiger charge is 2.23. The molecule has 4 aromatic rings. The average Bonchev–Trinajstić information content (AvgIpc) is 3.24. The third-order valence-electron chi connectivity index (χ3n) is 5.41. The van der Waals surface area contributed by atoms with E-state index >= 15 is 0 Å². The Kier molecular flexibility index (Phi) is 4.99. The van der Waals surface area contributed by atoms with E-state index in [-0.39, 0.29) is 11.5 Å². The smallest absolute Gasteiger partial charge is 0.277 e. The molecule has 1 fully saturated rings. The van der Waals surface area contributed by atoms with Crippen LogP contribution in [-0.4, -0.2) is 51.6 Å². The molecular formula is C23H21N5O2S. The first-order valence-corrected chi connectivity index (χ1v) is 11.0. The molecule has 7 nitrogen and oxygen atoms in total. The maximum absolute atomic E-state index is 12.7. The minimum atomic E-state index is -0.196. The number of piperazine rings is 1. The SMILES string of the molecule is Cc1cccc(-c2nn3c(=O)cc(N4CCN(C(=O)c5ccccc5)CC4)nc3s2)c1. The molecule has 1 aliphatic heterocycles. The number of hydrogen-bond donors (Lipinski definition) is 0. The second kappa shape index (κ2) is 7.96. The van der Waals surface area contributed by atoms with Gasteiger partial charge in [-0.25, -0.2) is 4.98 Å². The van der Waals surface area contributed by atoms with Crippen molar-refractivity contribution in [1.29, 1.82) is 0 Å². The summed E-state index contributed by atoms with van der Waals surface area (Å²) in [5.74, 6) is 0.672. The van der Waals surface area contributed by atoms with Crippen LogP contribution in [0.4, 0.5) is 5.82 Å². The third kappa shape index (κ3) is 3.82. The van der Waals surface area contributed by atoms with Crippen LogP contribution in [0.3, 0.4) is 0 Å². The molecule has 3 heterocycles. The molecule has 2 aromatic heterocycles. The summed E-state index contributed by atoms with van der Waals surface area (Å²) in [7, 11) is 0. The summed E-state index contributed by atoms with van der Waals surface area (Å²) in [6, 6.07) is 18.9. The van der Waals surface area contributed by atoms with Crippen molar-refractivity contribution < 1.29 is 4.79 Å². The van der Waals surface area contributed by atoms with Crippen LogP contribution in [0.15, 0.2) is 65.5 Å². The number of amides is 1. The fourth-order valence-electron chi connectivity index (χ4n) is 3.76. The molecule has 8 heteroatoms. The molecule has 5 rings (SSSR count). The van der Waals surface area contributed by atoms with Crippen molar-refractivity contribution in [2.45, 2.75) is 6.92 Å². The zero-order valence-electron chi connectivity index (χ0n) is 17.1. The molecule has 156 valence electrons. The highest BCUT2D eigenvalue weighted by atomic mass is 32.1. The topological polar surface area (TPSA) is 70.8 Å². The predicted octanol–water partition coefficient (Wildman–Crippen LogP) is 3.09. The average molecular weight is 432 g/mol. The van der Waals surface area contributed by atoms with Crippen LogP contribution in [0.1, 0.15) is 15.9 Å². The molecule has 0 atom stereocenters. The lowest BCUT2D eigenvalue weighted by atomic mass is 10.1. The van der Waals surface area contributed by atoms with E-state index < -0.39 is 0 Å². The number of fused-ring (bicyclic) bond motifs is 1. The van der Waals surface area contributed by atoms with Crippen LogP contribution in [0.25, 0.3) is 15.5 Å². The Labute approximate surface area is 183 Å². The molecule has 0 radical (unpaired) electrons. The summed E-state index contributed by atoms with van der Waals surface area (Å²) < 4.78 is 1.36. The molecule has 0 spiro atoms. The Morgan fingerprint density at radius 2 is 1.74 bits per heavy atom. The van der Waals surface area contributed by atoms with Crippen molar-refractivity contribution in [1.82, 2.24) is 19.5 Å². The van der Waals surface area contributed by atoms with Crippen LogP contribution in [0.2, 0.25) is 0 Å². The van der Waals surface area contributed by atoms with Gasteiger partial charge < -0.3 is 9.80 Å². The number of benzene rings is 2. The van der Waals surface area contributed by atoms with Crippen LogP contribution < -0.4 is 10.5 Å². The molecule has 1 aliphatic rings. The summed E-state index contributed by atoms with van der Waals surface area (Å²) in [5.41, 5.74) is 2.62. The molecule has 0 unspecified atom stereocenters. The van der Waals surface area contributed by atoms with Gasteiger partial charge in [0.25, 0.3) is 11.5 Å². The van der Waals surface area contributed by atoms with Crippen molar-refractivity contribution in [3.63, 3.8) is 0 Å². The lowest BCUT2D eigenvalue weighted by molar-refractivity contribution is 0.0746. The molecule has 0 N–H and O–H groups in total. The van der Waals surface area contributed by atoms with Gasteiger partial charge in [0.1, 0.15) is 10.8 Å². The number of rotatable bonds is 3. The molecule has 0 aliphatic carbocycles. The normalized spacial score (nSPS) is 14.2. The van der Waals surface area contributed by atoms with Crippen LogP contribution in [-0.2, 0) is 0 Å². The fourth-order valence-corrected chi connectivity index (χ4v) is 4.65. The van der Waals surface area contributed by atoms with E-state index in [2.05, 4.69) is 10.00 Å². The molecule has 1 saturated heterocycles. The van der Waals surface area contributed by atoms with Crippen molar-refractivity contribution in [3.8, 4) is 10.6 Å². The van der Waals surface area contributed by atoms with Gasteiger partial charge >= 0.3 is 0 Å². The maximum atomic E-state index is 12.7. The van der Waals surface area contributed by atoms with Gasteiger partial charge in [0.05, 0.1) is 0 Å². The van der Waals surface area contributed by atoms with Gasteiger partial charge in [-0.15, -0.1) is 0 Å². The Morgan fingerprint density at radius 3 is 2.48 bits per heavy atom. The van der Waals surface area contributed by atoms with E-state index in [1.54, 1.807) is 0 Å². The van der Waals surface area contributed by atoms with Gasteiger partial charge in [0.2, 0.25) is 4.96 Å². The Hall–Kier alpha value is -3.52. The summed E-state index contributed by atoms with van der Waals surface area (Å²) in [6.07, 6.45) is 0. The number of aryl methyl sites for hydroxylation is 1. The standard InChI is InChI=1S/C23H21N5O2S/c1-16-6-5-9-18(14-16)21-25-28-20(29)15-19(24-23(28)31-21)26-10-12-27(13-11-26)22(30)17-7-3-2-4-8-17/h2-9,14-15H,10-13H2,1H3. The first kappa shape index (κ1) is 19.4. The monoisotopic (exact) mass is 431 g/mol. The molecule has 2 aromatic carbocycles. The fraction of sp³-hybridized carbons (Fsp3) is 0.217. The maximum Gasteiger partial charge on any atom is 0.277 e. The third-order valence-corrected chi connectivity index (χ3v) is 6.37. The summed E-state index contributed by atoms with van der Waals surface area (Å²) >= 11 is 1.40. The first-order chi connectivity index (χ1) is 15.1. The van der Waals surface area contributed by atoms with E-state index in [0.717, 1.165) is 16.1 Å². The zero-order chi connectivity index (χ0) is 21.4. The molecule has 31 heavy (non-hydrogen) atoms. The summed E-state index contributed by atoms with van der Waals surface area (Å²) in [5, 5.41) is 5.23. The molecular weight excluding hydrogens is 410 g/mol. The van der Waals surface area contributed by atoms with Gasteiger partial charge in [-0.1, -0.05) is 53.3 Å². The molecule has 0 saturated carbocycles. The highest BCUT2D eigenvalue weighted by molar-refractivity contribution is 7.19.